The average molecular weight is 376 g/mol. The van der Waals surface area contributed by atoms with Crippen LogP contribution in [0.3, 0.4) is 0 Å². The third-order valence-corrected chi connectivity index (χ3v) is 4.64. The summed E-state index contributed by atoms with van der Waals surface area (Å²) < 4.78 is 7.28. The van der Waals surface area contributed by atoms with E-state index in [1.165, 1.54) is 0 Å². The molecule has 28 heavy (non-hydrogen) atoms. The van der Waals surface area contributed by atoms with Crippen LogP contribution in [-0.4, -0.2) is 23.1 Å². The summed E-state index contributed by atoms with van der Waals surface area (Å²) in [5.74, 6) is -0.808. The van der Waals surface area contributed by atoms with E-state index in [0.717, 1.165) is 22.5 Å². The van der Waals surface area contributed by atoms with Crippen molar-refractivity contribution >= 4 is 11.9 Å². The Labute approximate surface area is 165 Å². The van der Waals surface area contributed by atoms with E-state index in [-0.39, 0.29) is 12.5 Å². The number of hydrogen-bond donors (Lipinski definition) is 1. The minimum Gasteiger partial charge on any atom is -0.452 e. The Kier molecular flexibility index (Phi) is 6.27. The maximum absolute atomic E-state index is 12.4. The normalized spacial score (nSPS) is 10.5. The molecule has 144 valence electrons. The Morgan fingerprint density at radius 2 is 1.54 bits per heavy atom. The van der Waals surface area contributed by atoms with Crippen LogP contribution in [0.5, 0.6) is 0 Å². The highest BCUT2D eigenvalue weighted by Gasteiger charge is 2.18. The predicted molar refractivity (Wildman–Crippen MR) is 108 cm³/mol. The van der Waals surface area contributed by atoms with Crippen molar-refractivity contribution in [1.82, 2.24) is 9.88 Å². The Morgan fingerprint density at radius 3 is 2.18 bits per heavy atom. The van der Waals surface area contributed by atoms with E-state index < -0.39 is 5.97 Å². The monoisotopic (exact) mass is 376 g/mol. The number of rotatable bonds is 7. The molecule has 3 rings (SSSR count). The van der Waals surface area contributed by atoms with Crippen LogP contribution in [0, 0.1) is 13.8 Å². The number of hydrogen-bond acceptors (Lipinski definition) is 3. The minimum absolute atomic E-state index is 0.298. The molecule has 2 aromatic carbocycles. The van der Waals surface area contributed by atoms with Gasteiger partial charge in [-0.05, 0) is 31.0 Å². The number of nitrogens with one attached hydrogen (secondary N) is 1. The van der Waals surface area contributed by atoms with Crippen molar-refractivity contribution < 1.29 is 14.3 Å². The third-order valence-electron chi connectivity index (χ3n) is 4.64. The van der Waals surface area contributed by atoms with Gasteiger partial charge in [-0.25, -0.2) is 4.79 Å². The van der Waals surface area contributed by atoms with Crippen molar-refractivity contribution in [3.63, 3.8) is 0 Å². The number of carbonyl (C=O) groups is 2. The lowest BCUT2D eigenvalue weighted by Gasteiger charge is -2.10. The van der Waals surface area contributed by atoms with Gasteiger partial charge in [0.25, 0.3) is 5.91 Å². The molecule has 0 radical (unpaired) electrons. The first kappa shape index (κ1) is 19.4. The van der Waals surface area contributed by atoms with Gasteiger partial charge < -0.3 is 14.6 Å². The van der Waals surface area contributed by atoms with Gasteiger partial charge in [0.05, 0.1) is 5.56 Å². The molecule has 1 N–H and O–H groups in total. The summed E-state index contributed by atoms with van der Waals surface area (Å²) in [6.45, 7) is 4.64. The number of aryl methyl sites for hydroxylation is 1. The van der Waals surface area contributed by atoms with Crippen molar-refractivity contribution in [3.05, 3.63) is 94.8 Å². The first-order chi connectivity index (χ1) is 13.5. The van der Waals surface area contributed by atoms with Crippen LogP contribution in [0.1, 0.15) is 32.9 Å². The minimum atomic E-state index is -0.484. The zero-order valence-corrected chi connectivity index (χ0v) is 16.1. The molecule has 0 aliphatic rings. The summed E-state index contributed by atoms with van der Waals surface area (Å²) in [5, 5.41) is 2.75. The summed E-state index contributed by atoms with van der Waals surface area (Å²) in [4.78, 5) is 24.4. The highest BCUT2D eigenvalue weighted by atomic mass is 16.5. The number of nitrogens with zero attached hydrogens (tertiary/aromatic N) is 1. The van der Waals surface area contributed by atoms with Crippen molar-refractivity contribution in [1.29, 1.82) is 0 Å². The Balaban J connectivity index is 1.57. The molecule has 0 aliphatic heterocycles. The van der Waals surface area contributed by atoms with Crippen molar-refractivity contribution in [2.24, 2.45) is 0 Å². The van der Waals surface area contributed by atoms with Gasteiger partial charge >= 0.3 is 5.97 Å². The largest absolute Gasteiger partial charge is 0.452 e. The van der Waals surface area contributed by atoms with Crippen molar-refractivity contribution in [3.8, 4) is 0 Å². The molecule has 1 amide bonds. The second-order valence-corrected chi connectivity index (χ2v) is 6.70. The quantitative estimate of drug-likeness (QED) is 0.641. The topological polar surface area (TPSA) is 60.3 Å². The summed E-state index contributed by atoms with van der Waals surface area (Å²) in [6.07, 6.45) is 0. The molecule has 0 atom stereocenters. The lowest BCUT2D eigenvalue weighted by Crippen LogP contribution is -2.28. The first-order valence-corrected chi connectivity index (χ1v) is 9.23. The second-order valence-electron chi connectivity index (χ2n) is 6.70. The third kappa shape index (κ3) is 4.88. The van der Waals surface area contributed by atoms with Crippen molar-refractivity contribution in [2.75, 3.05) is 6.61 Å². The van der Waals surface area contributed by atoms with E-state index in [9.17, 15) is 9.59 Å². The van der Waals surface area contributed by atoms with Crippen LogP contribution >= 0.6 is 0 Å². The number of benzene rings is 2. The Hall–Kier alpha value is -3.34. The summed E-state index contributed by atoms with van der Waals surface area (Å²) in [6, 6.07) is 21.5. The standard InChI is InChI=1S/C23H24N2O3/c1-17-13-21(18(2)25(17)15-20-11-7-4-8-12-20)23(27)28-16-22(26)24-14-19-9-5-3-6-10-19/h3-13H,14-16H2,1-2H3,(H,24,26). The summed E-state index contributed by atoms with van der Waals surface area (Å²) in [7, 11) is 0. The number of aromatic nitrogens is 1. The zero-order chi connectivity index (χ0) is 19.9. The Bertz CT molecular complexity index is 947. The van der Waals surface area contributed by atoms with E-state index in [1.54, 1.807) is 0 Å². The fourth-order valence-electron chi connectivity index (χ4n) is 3.07. The van der Waals surface area contributed by atoms with Gasteiger partial charge in [0.15, 0.2) is 6.61 Å². The molecule has 0 saturated carbocycles. The predicted octanol–water partition coefficient (Wildman–Crippen LogP) is 3.63. The molecule has 5 heteroatoms. The van der Waals surface area contributed by atoms with E-state index in [4.69, 9.17) is 4.74 Å². The second kappa shape index (κ2) is 9.04. The molecule has 5 nitrogen and oxygen atoms in total. The van der Waals surface area contributed by atoms with E-state index in [2.05, 4.69) is 9.88 Å². The van der Waals surface area contributed by atoms with Crippen LogP contribution in [0.15, 0.2) is 66.7 Å². The molecular formula is C23H24N2O3. The first-order valence-electron chi connectivity index (χ1n) is 9.23. The number of ether oxygens (including phenoxy) is 1. The smallest absolute Gasteiger partial charge is 0.340 e. The number of carbonyl (C=O) groups excluding carboxylic acids is 2. The van der Waals surface area contributed by atoms with Gasteiger partial charge in [-0.2, -0.15) is 0 Å². The van der Waals surface area contributed by atoms with Gasteiger partial charge in [0, 0.05) is 24.5 Å². The molecule has 0 aliphatic carbocycles. The molecular weight excluding hydrogens is 352 g/mol. The van der Waals surface area contributed by atoms with Crippen LogP contribution in [0.2, 0.25) is 0 Å². The maximum atomic E-state index is 12.4. The van der Waals surface area contributed by atoms with E-state index in [0.29, 0.717) is 18.7 Å². The fraction of sp³-hybridized carbons (Fsp3) is 0.217. The highest BCUT2D eigenvalue weighted by Crippen LogP contribution is 2.18. The van der Waals surface area contributed by atoms with E-state index >= 15 is 0 Å². The van der Waals surface area contributed by atoms with Gasteiger partial charge in [-0.1, -0.05) is 60.7 Å². The molecule has 0 saturated heterocycles. The molecule has 1 aromatic heterocycles. The molecule has 3 aromatic rings. The fourth-order valence-corrected chi connectivity index (χ4v) is 3.07. The average Bonchev–Trinajstić information content (AvgIpc) is 3.00. The molecule has 0 fully saturated rings. The van der Waals surface area contributed by atoms with Gasteiger partial charge in [0.1, 0.15) is 0 Å². The summed E-state index contributed by atoms with van der Waals surface area (Å²) in [5.41, 5.74) is 4.44. The number of esters is 1. The number of amides is 1. The lowest BCUT2D eigenvalue weighted by atomic mass is 10.2. The summed E-state index contributed by atoms with van der Waals surface area (Å²) >= 11 is 0. The van der Waals surface area contributed by atoms with Crippen LogP contribution < -0.4 is 5.32 Å². The SMILES string of the molecule is Cc1cc(C(=O)OCC(=O)NCc2ccccc2)c(C)n1Cc1ccccc1. The van der Waals surface area contributed by atoms with Gasteiger partial charge in [0.2, 0.25) is 0 Å². The van der Waals surface area contributed by atoms with Crippen LogP contribution in [0.25, 0.3) is 0 Å². The lowest BCUT2D eigenvalue weighted by molar-refractivity contribution is -0.124. The Morgan fingerprint density at radius 1 is 0.929 bits per heavy atom. The van der Waals surface area contributed by atoms with Gasteiger partial charge in [-0.15, -0.1) is 0 Å². The van der Waals surface area contributed by atoms with Crippen molar-refractivity contribution in [2.45, 2.75) is 26.9 Å². The zero-order valence-electron chi connectivity index (χ0n) is 16.1. The van der Waals surface area contributed by atoms with E-state index in [1.807, 2.05) is 80.6 Å². The molecule has 0 unspecified atom stereocenters. The highest BCUT2D eigenvalue weighted by molar-refractivity contribution is 5.92. The molecule has 1 heterocycles. The van der Waals surface area contributed by atoms with Crippen LogP contribution in [0.4, 0.5) is 0 Å². The van der Waals surface area contributed by atoms with Crippen LogP contribution in [-0.2, 0) is 22.6 Å². The molecule has 0 bridgehead atoms. The maximum Gasteiger partial charge on any atom is 0.340 e. The van der Waals surface area contributed by atoms with Gasteiger partial charge in [-0.3, -0.25) is 4.79 Å². The molecule has 0 spiro atoms.